The summed E-state index contributed by atoms with van der Waals surface area (Å²) >= 11 is 0. The largest absolute Gasteiger partial charge is 0.376 e. The van der Waals surface area contributed by atoms with Crippen molar-refractivity contribution in [1.29, 1.82) is 0 Å². The average molecular weight is 294 g/mol. The monoisotopic (exact) mass is 294 g/mol. The van der Waals surface area contributed by atoms with Crippen molar-refractivity contribution in [3.63, 3.8) is 0 Å². The highest BCUT2D eigenvalue weighted by Gasteiger charge is 2.23. The standard InChI is InChI=1S/C15H26N4O2/c1-15(2,3)13(16)7-14(20)18-11-8-17-19(9-11)10-12-5-4-6-21-12/h8-9,12-13H,4-7,10,16H2,1-3H3,(H,18,20). The Kier molecular flexibility index (Phi) is 5.00. The van der Waals surface area contributed by atoms with Crippen LogP contribution in [-0.4, -0.2) is 34.4 Å². The Morgan fingerprint density at radius 2 is 2.38 bits per heavy atom. The van der Waals surface area contributed by atoms with E-state index in [9.17, 15) is 4.79 Å². The molecule has 2 unspecified atom stereocenters. The zero-order chi connectivity index (χ0) is 15.5. The first-order chi connectivity index (χ1) is 9.84. The van der Waals surface area contributed by atoms with Crippen LogP contribution in [-0.2, 0) is 16.1 Å². The fraction of sp³-hybridized carbons (Fsp3) is 0.733. The van der Waals surface area contributed by atoms with Crippen LogP contribution in [0.4, 0.5) is 5.69 Å². The van der Waals surface area contributed by atoms with Gasteiger partial charge in [0.05, 0.1) is 24.5 Å². The number of nitrogens with two attached hydrogens (primary N) is 1. The molecule has 2 rings (SSSR count). The molecule has 1 aromatic heterocycles. The number of nitrogens with zero attached hydrogens (tertiary/aromatic N) is 2. The van der Waals surface area contributed by atoms with Gasteiger partial charge in [0.1, 0.15) is 0 Å². The van der Waals surface area contributed by atoms with Crippen LogP contribution in [0.5, 0.6) is 0 Å². The average Bonchev–Trinajstić information content (AvgIpc) is 3.00. The molecule has 3 N–H and O–H groups in total. The summed E-state index contributed by atoms with van der Waals surface area (Å²) in [6, 6.07) is -0.167. The second kappa shape index (κ2) is 6.58. The summed E-state index contributed by atoms with van der Waals surface area (Å²) in [5.74, 6) is -0.0749. The third kappa shape index (κ3) is 4.82. The van der Waals surface area contributed by atoms with Gasteiger partial charge in [-0.3, -0.25) is 9.48 Å². The second-order valence-electron chi connectivity index (χ2n) is 6.81. The molecule has 1 fully saturated rings. The van der Waals surface area contributed by atoms with Crippen LogP contribution in [0.3, 0.4) is 0 Å². The van der Waals surface area contributed by atoms with Crippen LogP contribution in [0.1, 0.15) is 40.0 Å². The van der Waals surface area contributed by atoms with E-state index in [1.54, 1.807) is 6.20 Å². The Labute approximate surface area is 126 Å². The van der Waals surface area contributed by atoms with Crippen molar-refractivity contribution in [2.45, 2.75) is 58.7 Å². The summed E-state index contributed by atoms with van der Waals surface area (Å²) in [5.41, 5.74) is 6.65. The molecule has 1 amide bonds. The van der Waals surface area contributed by atoms with Gasteiger partial charge in [-0.25, -0.2) is 0 Å². The zero-order valence-corrected chi connectivity index (χ0v) is 13.1. The van der Waals surface area contributed by atoms with Crippen molar-refractivity contribution in [2.24, 2.45) is 11.1 Å². The van der Waals surface area contributed by atoms with Gasteiger partial charge >= 0.3 is 0 Å². The first-order valence-corrected chi connectivity index (χ1v) is 7.54. The first-order valence-electron chi connectivity index (χ1n) is 7.54. The zero-order valence-electron chi connectivity index (χ0n) is 13.1. The molecule has 21 heavy (non-hydrogen) atoms. The molecule has 0 aliphatic carbocycles. The third-order valence-corrected chi connectivity index (χ3v) is 3.85. The smallest absolute Gasteiger partial charge is 0.226 e. The number of carbonyl (C=O) groups excluding carboxylic acids is 1. The van der Waals surface area contributed by atoms with Crippen molar-refractivity contribution in [3.05, 3.63) is 12.4 Å². The van der Waals surface area contributed by atoms with Gasteiger partial charge in [0, 0.05) is 25.3 Å². The summed E-state index contributed by atoms with van der Waals surface area (Å²) in [4.78, 5) is 12.0. The Balaban J connectivity index is 1.82. The van der Waals surface area contributed by atoms with Gasteiger partial charge in [-0.05, 0) is 18.3 Å². The number of hydrogen-bond donors (Lipinski definition) is 2. The van der Waals surface area contributed by atoms with Crippen LogP contribution in [0.25, 0.3) is 0 Å². The summed E-state index contributed by atoms with van der Waals surface area (Å²) in [7, 11) is 0. The molecule has 1 aliphatic heterocycles. The lowest BCUT2D eigenvalue weighted by Gasteiger charge is -2.26. The fourth-order valence-corrected chi connectivity index (χ4v) is 2.24. The van der Waals surface area contributed by atoms with E-state index in [1.165, 1.54) is 0 Å². The molecule has 0 spiro atoms. The van der Waals surface area contributed by atoms with Crippen molar-refractivity contribution >= 4 is 11.6 Å². The van der Waals surface area contributed by atoms with Crippen molar-refractivity contribution in [3.8, 4) is 0 Å². The fourth-order valence-electron chi connectivity index (χ4n) is 2.24. The molecular weight excluding hydrogens is 268 g/mol. The van der Waals surface area contributed by atoms with E-state index in [2.05, 4.69) is 10.4 Å². The van der Waals surface area contributed by atoms with Crippen LogP contribution in [0.2, 0.25) is 0 Å². The molecule has 1 saturated heterocycles. The first kappa shape index (κ1) is 16.0. The van der Waals surface area contributed by atoms with Crippen LogP contribution >= 0.6 is 0 Å². The minimum Gasteiger partial charge on any atom is -0.376 e. The number of rotatable bonds is 5. The van der Waals surface area contributed by atoms with Gasteiger partial charge in [-0.2, -0.15) is 5.10 Å². The van der Waals surface area contributed by atoms with Crippen molar-refractivity contribution in [2.75, 3.05) is 11.9 Å². The van der Waals surface area contributed by atoms with Gasteiger partial charge in [-0.1, -0.05) is 20.8 Å². The maximum atomic E-state index is 12.0. The topological polar surface area (TPSA) is 82.2 Å². The number of carbonyl (C=O) groups is 1. The van der Waals surface area contributed by atoms with E-state index >= 15 is 0 Å². The predicted molar refractivity (Wildman–Crippen MR) is 81.9 cm³/mol. The number of amides is 1. The van der Waals surface area contributed by atoms with Crippen LogP contribution in [0.15, 0.2) is 12.4 Å². The lowest BCUT2D eigenvalue weighted by molar-refractivity contribution is -0.117. The molecule has 6 heteroatoms. The summed E-state index contributed by atoms with van der Waals surface area (Å²) in [5, 5.41) is 7.10. The maximum absolute atomic E-state index is 12.0. The maximum Gasteiger partial charge on any atom is 0.226 e. The molecule has 0 bridgehead atoms. The summed E-state index contributed by atoms with van der Waals surface area (Å²) in [6.07, 6.45) is 6.23. The molecule has 6 nitrogen and oxygen atoms in total. The molecule has 1 aliphatic rings. The normalized spacial score (nSPS) is 20.5. The minimum atomic E-state index is -0.167. The highest BCUT2D eigenvalue weighted by Crippen LogP contribution is 2.20. The predicted octanol–water partition coefficient (Wildman–Crippen LogP) is 1.76. The van der Waals surface area contributed by atoms with E-state index in [-0.39, 0.29) is 23.5 Å². The van der Waals surface area contributed by atoms with Crippen LogP contribution in [0, 0.1) is 5.41 Å². The third-order valence-electron chi connectivity index (χ3n) is 3.85. The van der Waals surface area contributed by atoms with E-state index in [1.807, 2.05) is 31.6 Å². The van der Waals surface area contributed by atoms with E-state index in [0.717, 1.165) is 26.0 Å². The number of aromatic nitrogens is 2. The van der Waals surface area contributed by atoms with E-state index < -0.39 is 0 Å². The van der Waals surface area contributed by atoms with Gasteiger partial charge in [-0.15, -0.1) is 0 Å². The molecular formula is C15H26N4O2. The Hall–Kier alpha value is -1.40. The quantitative estimate of drug-likeness (QED) is 0.867. The minimum absolute atomic E-state index is 0.0749. The van der Waals surface area contributed by atoms with Crippen LogP contribution < -0.4 is 11.1 Å². The highest BCUT2D eigenvalue weighted by atomic mass is 16.5. The van der Waals surface area contributed by atoms with Crippen molar-refractivity contribution in [1.82, 2.24) is 9.78 Å². The number of anilines is 1. The SMILES string of the molecule is CC(C)(C)C(N)CC(=O)Nc1cnn(CC2CCCO2)c1. The second-order valence-corrected chi connectivity index (χ2v) is 6.81. The summed E-state index contributed by atoms with van der Waals surface area (Å²) < 4.78 is 7.39. The lowest BCUT2D eigenvalue weighted by Crippen LogP contribution is -2.38. The molecule has 1 aromatic rings. The van der Waals surface area contributed by atoms with Gasteiger partial charge in [0.25, 0.3) is 0 Å². The Morgan fingerprint density at radius 1 is 1.62 bits per heavy atom. The molecule has 0 aromatic carbocycles. The van der Waals surface area contributed by atoms with Gasteiger partial charge < -0.3 is 15.8 Å². The number of ether oxygens (including phenoxy) is 1. The Morgan fingerprint density at radius 3 is 3.00 bits per heavy atom. The van der Waals surface area contributed by atoms with Gasteiger partial charge in [0.15, 0.2) is 0 Å². The molecule has 2 atom stereocenters. The van der Waals surface area contributed by atoms with E-state index in [4.69, 9.17) is 10.5 Å². The highest BCUT2D eigenvalue weighted by molar-refractivity contribution is 5.90. The molecule has 0 saturated carbocycles. The number of nitrogens with one attached hydrogen (secondary N) is 1. The molecule has 2 heterocycles. The van der Waals surface area contributed by atoms with Crippen molar-refractivity contribution < 1.29 is 9.53 Å². The van der Waals surface area contributed by atoms with Gasteiger partial charge in [0.2, 0.25) is 5.91 Å². The van der Waals surface area contributed by atoms with E-state index in [0.29, 0.717) is 12.1 Å². The molecule has 118 valence electrons. The molecule has 0 radical (unpaired) electrons. The summed E-state index contributed by atoms with van der Waals surface area (Å²) in [6.45, 7) is 7.66. The number of hydrogen-bond acceptors (Lipinski definition) is 4. The Bertz CT molecular complexity index is 472. The lowest BCUT2D eigenvalue weighted by atomic mass is 9.85.